The Morgan fingerprint density at radius 1 is 1.30 bits per heavy atom. The number of amides is 2. The lowest BCUT2D eigenvalue weighted by molar-refractivity contribution is -0.113. The van der Waals surface area contributed by atoms with Crippen LogP contribution in [0.3, 0.4) is 0 Å². The van der Waals surface area contributed by atoms with Crippen LogP contribution >= 0.6 is 23.1 Å². The third kappa shape index (κ3) is 5.13. The van der Waals surface area contributed by atoms with Crippen LogP contribution in [0.2, 0.25) is 0 Å². The number of para-hydroxylation sites is 1. The van der Waals surface area contributed by atoms with E-state index >= 15 is 0 Å². The van der Waals surface area contributed by atoms with Gasteiger partial charge in [-0.15, -0.1) is 11.3 Å². The van der Waals surface area contributed by atoms with E-state index in [1.807, 2.05) is 19.1 Å². The van der Waals surface area contributed by atoms with Crippen molar-refractivity contribution < 1.29 is 14.3 Å². The van der Waals surface area contributed by atoms with E-state index in [0.29, 0.717) is 52.8 Å². The Labute approximate surface area is 199 Å². The fourth-order valence-electron chi connectivity index (χ4n) is 3.97. The fourth-order valence-corrected chi connectivity index (χ4v) is 6.11. The zero-order valence-corrected chi connectivity index (χ0v) is 20.0. The third-order valence-electron chi connectivity index (χ3n) is 5.45. The van der Waals surface area contributed by atoms with Gasteiger partial charge < -0.3 is 15.8 Å². The molecule has 10 heteroatoms. The van der Waals surface area contributed by atoms with Crippen molar-refractivity contribution in [3.05, 3.63) is 50.6 Å². The van der Waals surface area contributed by atoms with Crippen LogP contribution in [-0.4, -0.2) is 40.3 Å². The summed E-state index contributed by atoms with van der Waals surface area (Å²) in [5.74, 6) is -0.737. The van der Waals surface area contributed by atoms with Gasteiger partial charge in [-0.25, -0.2) is 4.98 Å². The van der Waals surface area contributed by atoms with Crippen molar-refractivity contribution in [2.75, 3.05) is 24.3 Å². The molecule has 0 fully saturated rings. The molecule has 2 heterocycles. The number of rotatable bonds is 10. The first-order valence-electron chi connectivity index (χ1n) is 10.9. The first-order valence-corrected chi connectivity index (χ1v) is 12.7. The smallest absolute Gasteiger partial charge is 0.262 e. The molecule has 174 valence electrons. The van der Waals surface area contributed by atoms with E-state index < -0.39 is 5.91 Å². The van der Waals surface area contributed by atoms with E-state index in [-0.39, 0.29) is 17.2 Å². The van der Waals surface area contributed by atoms with Crippen LogP contribution in [0.15, 0.2) is 34.2 Å². The van der Waals surface area contributed by atoms with Gasteiger partial charge in [-0.2, -0.15) is 0 Å². The van der Waals surface area contributed by atoms with E-state index in [4.69, 9.17) is 10.5 Å². The maximum atomic E-state index is 13.1. The van der Waals surface area contributed by atoms with Gasteiger partial charge in [-0.3, -0.25) is 19.0 Å². The van der Waals surface area contributed by atoms with Crippen molar-refractivity contribution in [2.24, 2.45) is 5.73 Å². The highest BCUT2D eigenvalue weighted by molar-refractivity contribution is 7.99. The van der Waals surface area contributed by atoms with Gasteiger partial charge in [0.15, 0.2) is 5.16 Å². The van der Waals surface area contributed by atoms with Crippen molar-refractivity contribution in [3.63, 3.8) is 0 Å². The molecule has 3 aromatic rings. The molecule has 8 nitrogen and oxygen atoms in total. The molecule has 0 spiro atoms. The number of thiophene rings is 1. The minimum Gasteiger partial charge on any atom is -0.382 e. The van der Waals surface area contributed by atoms with E-state index in [1.54, 1.807) is 16.7 Å². The number of hydrogen-bond acceptors (Lipinski definition) is 7. The van der Waals surface area contributed by atoms with Crippen molar-refractivity contribution in [1.82, 2.24) is 9.55 Å². The summed E-state index contributed by atoms with van der Waals surface area (Å²) in [5, 5.41) is 4.38. The molecule has 33 heavy (non-hydrogen) atoms. The molecule has 0 bridgehead atoms. The van der Waals surface area contributed by atoms with Crippen LogP contribution in [0.1, 0.15) is 40.6 Å². The van der Waals surface area contributed by atoms with Crippen LogP contribution < -0.4 is 16.6 Å². The number of fused-ring (bicyclic) bond motifs is 2. The Kier molecular flexibility index (Phi) is 7.46. The van der Waals surface area contributed by atoms with Crippen molar-refractivity contribution in [2.45, 2.75) is 44.3 Å². The lowest BCUT2D eigenvalue weighted by Crippen LogP contribution is -2.25. The van der Waals surface area contributed by atoms with Gasteiger partial charge in [0, 0.05) is 24.6 Å². The number of thioether (sulfide) groups is 1. The van der Waals surface area contributed by atoms with Crippen LogP contribution in [0, 0.1) is 0 Å². The molecule has 0 aliphatic heterocycles. The summed E-state index contributed by atoms with van der Waals surface area (Å²) in [4.78, 5) is 43.5. The number of aromatic nitrogens is 2. The van der Waals surface area contributed by atoms with Crippen LogP contribution in [0.25, 0.3) is 10.9 Å². The molecule has 0 saturated heterocycles. The summed E-state index contributed by atoms with van der Waals surface area (Å²) >= 11 is 2.62. The number of primary amides is 1. The summed E-state index contributed by atoms with van der Waals surface area (Å²) in [5.41, 5.74) is 7.44. The van der Waals surface area contributed by atoms with Gasteiger partial charge in [0.2, 0.25) is 5.91 Å². The largest absolute Gasteiger partial charge is 0.382 e. The highest BCUT2D eigenvalue weighted by Gasteiger charge is 2.26. The second-order valence-electron chi connectivity index (χ2n) is 7.68. The highest BCUT2D eigenvalue weighted by Crippen LogP contribution is 2.38. The van der Waals surface area contributed by atoms with E-state index in [2.05, 4.69) is 10.3 Å². The molecular weight excluding hydrogens is 460 g/mol. The Bertz CT molecular complexity index is 1250. The normalized spacial score (nSPS) is 12.8. The molecule has 2 amide bonds. The molecule has 0 atom stereocenters. The second-order valence-corrected chi connectivity index (χ2v) is 9.73. The molecule has 1 aliphatic carbocycles. The molecule has 2 aromatic heterocycles. The lowest BCUT2D eigenvalue weighted by Gasteiger charge is -2.13. The first-order chi connectivity index (χ1) is 16.0. The first kappa shape index (κ1) is 23.5. The number of nitrogens with one attached hydrogen (secondary N) is 1. The van der Waals surface area contributed by atoms with E-state index in [9.17, 15) is 14.4 Å². The maximum absolute atomic E-state index is 13.1. The predicted molar refractivity (Wildman–Crippen MR) is 131 cm³/mol. The standard InChI is InChI=1S/C23H26N4O4S2/c1-2-31-12-6-11-27-22(30)14-7-3-4-9-16(14)25-23(27)32-13-18(28)26-21-19(20(24)29)15-8-5-10-17(15)33-21/h3-4,7,9H,2,5-6,8,10-13H2,1H3,(H2,24,29)(H,26,28). The molecule has 1 aliphatic rings. The molecular formula is C23H26N4O4S2. The monoisotopic (exact) mass is 486 g/mol. The minimum absolute atomic E-state index is 0.0526. The van der Waals surface area contributed by atoms with Gasteiger partial charge in [0.1, 0.15) is 5.00 Å². The maximum Gasteiger partial charge on any atom is 0.262 e. The van der Waals surface area contributed by atoms with Gasteiger partial charge in [0.05, 0.1) is 22.2 Å². The van der Waals surface area contributed by atoms with Crippen molar-refractivity contribution in [1.29, 1.82) is 0 Å². The molecule has 3 N–H and O–H groups in total. The minimum atomic E-state index is -0.517. The topological polar surface area (TPSA) is 116 Å². The van der Waals surface area contributed by atoms with Crippen LogP contribution in [-0.2, 0) is 28.9 Å². The number of carbonyl (C=O) groups excluding carboxylic acids is 2. The Morgan fingerprint density at radius 3 is 2.91 bits per heavy atom. The van der Waals surface area contributed by atoms with Crippen molar-refractivity contribution in [3.8, 4) is 0 Å². The average Bonchev–Trinajstić information content (AvgIpc) is 3.37. The summed E-state index contributed by atoms with van der Waals surface area (Å²) in [6.07, 6.45) is 3.37. The average molecular weight is 487 g/mol. The molecule has 0 radical (unpaired) electrons. The lowest BCUT2D eigenvalue weighted by atomic mass is 10.1. The number of ether oxygens (including phenoxy) is 1. The van der Waals surface area contributed by atoms with Gasteiger partial charge >= 0.3 is 0 Å². The van der Waals surface area contributed by atoms with Crippen molar-refractivity contribution >= 4 is 50.8 Å². The number of aryl methyl sites for hydroxylation is 1. The number of nitrogens with two attached hydrogens (primary N) is 1. The number of anilines is 1. The summed E-state index contributed by atoms with van der Waals surface area (Å²) in [6.45, 7) is 3.53. The SMILES string of the molecule is CCOCCCn1c(SCC(=O)Nc2sc3c(c2C(N)=O)CCC3)nc2ccccc2c1=O. The Hall–Kier alpha value is -2.69. The van der Waals surface area contributed by atoms with Crippen LogP contribution in [0.4, 0.5) is 5.00 Å². The summed E-state index contributed by atoms with van der Waals surface area (Å²) < 4.78 is 7.00. The quantitative estimate of drug-likeness (QED) is 0.258. The molecule has 4 rings (SSSR count). The molecule has 1 aromatic carbocycles. The number of benzene rings is 1. The summed E-state index contributed by atoms with van der Waals surface area (Å²) in [7, 11) is 0. The van der Waals surface area contributed by atoms with E-state index in [0.717, 1.165) is 29.7 Å². The molecule has 0 saturated carbocycles. The molecule has 0 unspecified atom stereocenters. The number of nitrogens with zero attached hydrogens (tertiary/aromatic N) is 2. The van der Waals surface area contributed by atoms with Crippen LogP contribution in [0.5, 0.6) is 0 Å². The zero-order chi connectivity index (χ0) is 23.4. The van der Waals surface area contributed by atoms with E-state index in [1.165, 1.54) is 23.1 Å². The second kappa shape index (κ2) is 10.5. The fraction of sp³-hybridized carbons (Fsp3) is 0.391. The Morgan fingerprint density at radius 2 is 2.12 bits per heavy atom. The number of carbonyl (C=O) groups is 2. The number of hydrogen-bond donors (Lipinski definition) is 2. The van der Waals surface area contributed by atoms with Gasteiger partial charge in [-0.1, -0.05) is 23.9 Å². The van der Waals surface area contributed by atoms with Gasteiger partial charge in [0.25, 0.3) is 11.5 Å². The zero-order valence-electron chi connectivity index (χ0n) is 18.4. The third-order valence-corrected chi connectivity index (χ3v) is 7.64. The predicted octanol–water partition coefficient (Wildman–Crippen LogP) is 3.20. The Balaban J connectivity index is 1.52. The summed E-state index contributed by atoms with van der Waals surface area (Å²) in [6, 6.07) is 7.19. The highest BCUT2D eigenvalue weighted by atomic mass is 32.2. The van der Waals surface area contributed by atoms with Gasteiger partial charge in [-0.05, 0) is 50.3 Å².